The van der Waals surface area contributed by atoms with Crippen molar-refractivity contribution in [3.63, 3.8) is 0 Å². The molecule has 0 aliphatic carbocycles. The Morgan fingerprint density at radius 2 is 2.11 bits per heavy atom. The quantitative estimate of drug-likeness (QED) is 0.768. The number of unbranched alkanes of at least 4 members (excludes halogenated alkanes) is 1. The number of ether oxygens (including phenoxy) is 1. The number of carbonyl (C=O) groups excluding carboxylic acids is 1. The summed E-state index contributed by atoms with van der Waals surface area (Å²) in [5, 5.41) is 9.23. The third-order valence-corrected chi connectivity index (χ3v) is 3.91. The second-order valence-electron chi connectivity index (χ2n) is 5.19. The van der Waals surface area contributed by atoms with E-state index in [2.05, 4.69) is 6.92 Å². The van der Waals surface area contributed by atoms with Crippen LogP contribution in [0.25, 0.3) is 0 Å². The number of aliphatic carboxylic acids is 1. The topological polar surface area (TPSA) is 66.8 Å². The van der Waals surface area contributed by atoms with Crippen molar-refractivity contribution in [3.8, 4) is 0 Å². The zero-order valence-electron chi connectivity index (χ0n) is 12.1. The average Bonchev–Trinajstić information content (AvgIpc) is 2.83. The van der Waals surface area contributed by atoms with Crippen LogP contribution in [0.2, 0.25) is 0 Å². The minimum Gasteiger partial charge on any atom is -0.480 e. The van der Waals surface area contributed by atoms with Gasteiger partial charge >= 0.3 is 5.97 Å². The van der Waals surface area contributed by atoms with E-state index in [4.69, 9.17) is 4.74 Å². The lowest BCUT2D eigenvalue weighted by Gasteiger charge is -2.26. The van der Waals surface area contributed by atoms with Gasteiger partial charge in [0.1, 0.15) is 6.04 Å². The number of likely N-dealkylation sites (tertiary alicyclic amines) is 1. The predicted octanol–water partition coefficient (Wildman–Crippen LogP) is 1.90. The van der Waals surface area contributed by atoms with Crippen molar-refractivity contribution in [1.29, 1.82) is 0 Å². The predicted molar refractivity (Wildman–Crippen MR) is 71.9 cm³/mol. The maximum Gasteiger partial charge on any atom is 0.326 e. The van der Waals surface area contributed by atoms with Crippen LogP contribution in [0.1, 0.15) is 46.0 Å². The molecule has 0 saturated carbocycles. The van der Waals surface area contributed by atoms with E-state index in [1.54, 1.807) is 7.11 Å². The molecule has 0 radical (unpaired) electrons. The van der Waals surface area contributed by atoms with E-state index >= 15 is 0 Å². The molecule has 110 valence electrons. The Morgan fingerprint density at radius 1 is 1.42 bits per heavy atom. The Hall–Kier alpha value is -1.10. The first kappa shape index (κ1) is 16.0. The molecule has 0 aromatic heterocycles. The highest BCUT2D eigenvalue weighted by atomic mass is 16.5. The molecule has 3 unspecified atom stereocenters. The summed E-state index contributed by atoms with van der Waals surface area (Å²) in [7, 11) is 1.56. The van der Waals surface area contributed by atoms with E-state index in [1.165, 1.54) is 4.90 Å². The van der Waals surface area contributed by atoms with Gasteiger partial charge in [-0.05, 0) is 12.8 Å². The lowest BCUT2D eigenvalue weighted by atomic mass is 9.97. The van der Waals surface area contributed by atoms with Gasteiger partial charge < -0.3 is 14.7 Å². The van der Waals surface area contributed by atoms with Gasteiger partial charge in [0.25, 0.3) is 0 Å². The molecule has 3 atom stereocenters. The highest BCUT2D eigenvalue weighted by molar-refractivity contribution is 5.85. The number of methoxy groups -OCH3 is 1. The molecule has 1 aliphatic heterocycles. The molecule has 5 heteroatoms. The second-order valence-corrected chi connectivity index (χ2v) is 5.19. The van der Waals surface area contributed by atoms with Gasteiger partial charge in [-0.15, -0.1) is 0 Å². The summed E-state index contributed by atoms with van der Waals surface area (Å²) in [6.07, 6.45) is 3.89. The maximum absolute atomic E-state index is 12.5. The number of hydrogen-bond donors (Lipinski definition) is 1. The van der Waals surface area contributed by atoms with Gasteiger partial charge in [-0.25, -0.2) is 4.79 Å². The summed E-state index contributed by atoms with van der Waals surface area (Å²) in [5.74, 6) is -1.02. The molecule has 1 aliphatic rings. The summed E-state index contributed by atoms with van der Waals surface area (Å²) in [6, 6.07) is -0.729. The zero-order valence-corrected chi connectivity index (χ0v) is 12.1. The lowest BCUT2D eigenvalue weighted by molar-refractivity contribution is -0.150. The van der Waals surface area contributed by atoms with Crippen molar-refractivity contribution in [2.75, 3.05) is 13.7 Å². The summed E-state index contributed by atoms with van der Waals surface area (Å²) in [4.78, 5) is 25.2. The number of carbonyl (C=O) groups is 2. The van der Waals surface area contributed by atoms with Crippen LogP contribution >= 0.6 is 0 Å². The van der Waals surface area contributed by atoms with Crippen molar-refractivity contribution >= 4 is 11.9 Å². The number of hydrogen-bond acceptors (Lipinski definition) is 3. The first-order valence-corrected chi connectivity index (χ1v) is 7.11. The molecular formula is C14H25NO4. The molecular weight excluding hydrogens is 246 g/mol. The molecule has 0 bridgehead atoms. The standard InChI is InChI=1S/C14H25NO4/c1-4-6-7-10(5-2)13(16)15-9-11(19-3)8-12(15)14(17)18/h10-12H,4-9H2,1-3H3,(H,17,18). The van der Waals surface area contributed by atoms with Gasteiger partial charge in [0.15, 0.2) is 0 Å². The van der Waals surface area contributed by atoms with E-state index in [9.17, 15) is 14.7 Å². The summed E-state index contributed by atoms with van der Waals surface area (Å²) < 4.78 is 5.21. The third kappa shape index (κ3) is 3.93. The van der Waals surface area contributed by atoms with E-state index < -0.39 is 12.0 Å². The summed E-state index contributed by atoms with van der Waals surface area (Å²) in [5.41, 5.74) is 0. The van der Waals surface area contributed by atoms with Crippen LogP contribution in [0.15, 0.2) is 0 Å². The fourth-order valence-corrected chi connectivity index (χ4v) is 2.63. The van der Waals surface area contributed by atoms with Crippen LogP contribution in [0.5, 0.6) is 0 Å². The van der Waals surface area contributed by atoms with Gasteiger partial charge in [0.2, 0.25) is 5.91 Å². The molecule has 1 saturated heterocycles. The maximum atomic E-state index is 12.5. The minimum absolute atomic E-state index is 0.0251. The van der Waals surface area contributed by atoms with Crippen LogP contribution in [0, 0.1) is 5.92 Å². The van der Waals surface area contributed by atoms with E-state index in [1.807, 2.05) is 6.92 Å². The number of nitrogens with zero attached hydrogens (tertiary/aromatic N) is 1. The van der Waals surface area contributed by atoms with E-state index in [-0.39, 0.29) is 17.9 Å². The van der Waals surface area contributed by atoms with Crippen molar-refractivity contribution < 1.29 is 19.4 Å². The van der Waals surface area contributed by atoms with Crippen LogP contribution in [0.4, 0.5) is 0 Å². The molecule has 1 amide bonds. The molecule has 1 rings (SSSR count). The molecule has 0 aromatic carbocycles. The van der Waals surface area contributed by atoms with E-state index in [0.29, 0.717) is 13.0 Å². The number of carboxylic acid groups (broad SMARTS) is 1. The Kier molecular flexibility index (Phi) is 6.28. The molecule has 1 fully saturated rings. The fraction of sp³-hybridized carbons (Fsp3) is 0.857. The second kappa shape index (κ2) is 7.48. The summed E-state index contributed by atoms with van der Waals surface area (Å²) >= 11 is 0. The zero-order chi connectivity index (χ0) is 14.4. The number of carboxylic acids is 1. The smallest absolute Gasteiger partial charge is 0.326 e. The van der Waals surface area contributed by atoms with Crippen LogP contribution < -0.4 is 0 Å². The fourth-order valence-electron chi connectivity index (χ4n) is 2.63. The van der Waals surface area contributed by atoms with Gasteiger partial charge in [-0.3, -0.25) is 4.79 Å². The minimum atomic E-state index is -0.932. The van der Waals surface area contributed by atoms with Crippen molar-refractivity contribution in [2.45, 2.75) is 58.1 Å². The van der Waals surface area contributed by atoms with Crippen LogP contribution in [0.3, 0.4) is 0 Å². The third-order valence-electron chi connectivity index (χ3n) is 3.91. The number of rotatable bonds is 7. The van der Waals surface area contributed by atoms with Gasteiger partial charge in [0.05, 0.1) is 6.10 Å². The molecule has 1 N–H and O–H groups in total. The van der Waals surface area contributed by atoms with Crippen LogP contribution in [-0.4, -0.2) is 47.7 Å². The van der Waals surface area contributed by atoms with E-state index in [0.717, 1.165) is 25.7 Å². The average molecular weight is 271 g/mol. The number of amides is 1. The first-order valence-electron chi connectivity index (χ1n) is 7.11. The largest absolute Gasteiger partial charge is 0.480 e. The first-order chi connectivity index (χ1) is 9.04. The van der Waals surface area contributed by atoms with Gasteiger partial charge in [-0.2, -0.15) is 0 Å². The summed E-state index contributed by atoms with van der Waals surface area (Å²) in [6.45, 7) is 4.47. The SMILES string of the molecule is CCCCC(CC)C(=O)N1CC(OC)CC1C(=O)O. The van der Waals surface area contributed by atoms with Crippen LogP contribution in [-0.2, 0) is 14.3 Å². The Balaban J connectivity index is 2.74. The molecule has 5 nitrogen and oxygen atoms in total. The molecule has 0 spiro atoms. The highest BCUT2D eigenvalue weighted by Gasteiger charge is 2.41. The van der Waals surface area contributed by atoms with Gasteiger partial charge in [-0.1, -0.05) is 26.7 Å². The highest BCUT2D eigenvalue weighted by Crippen LogP contribution is 2.25. The van der Waals surface area contributed by atoms with Gasteiger partial charge in [0, 0.05) is 26.0 Å². The normalized spacial score (nSPS) is 24.5. The Morgan fingerprint density at radius 3 is 2.58 bits per heavy atom. The molecule has 0 aromatic rings. The Bertz CT molecular complexity index is 319. The molecule has 1 heterocycles. The Labute approximate surface area is 114 Å². The monoisotopic (exact) mass is 271 g/mol. The van der Waals surface area contributed by atoms with Crippen molar-refractivity contribution in [2.24, 2.45) is 5.92 Å². The molecule has 19 heavy (non-hydrogen) atoms. The lowest BCUT2D eigenvalue weighted by Crippen LogP contribution is -2.43. The van der Waals surface area contributed by atoms with Crippen molar-refractivity contribution in [1.82, 2.24) is 4.90 Å². The van der Waals surface area contributed by atoms with Crippen molar-refractivity contribution in [3.05, 3.63) is 0 Å².